The van der Waals surface area contributed by atoms with Gasteiger partial charge in [0.25, 0.3) is 0 Å². The number of hydrogen-bond donors (Lipinski definition) is 3. The predicted octanol–water partition coefficient (Wildman–Crippen LogP) is 1.38. The van der Waals surface area contributed by atoms with Crippen LogP contribution in [0.5, 0.6) is 0 Å². The van der Waals surface area contributed by atoms with E-state index in [0.717, 1.165) is 5.92 Å². The molecule has 4 N–H and O–H groups in total. The van der Waals surface area contributed by atoms with E-state index in [1.54, 1.807) is 0 Å². The quantitative estimate of drug-likeness (QED) is 0.666. The van der Waals surface area contributed by atoms with Crippen molar-refractivity contribution in [2.75, 3.05) is 11.1 Å². The summed E-state index contributed by atoms with van der Waals surface area (Å²) in [6.45, 7) is 2.31. The molecular weight excluding hydrogens is 178 g/mol. The van der Waals surface area contributed by atoms with Crippen molar-refractivity contribution in [1.82, 2.24) is 15.2 Å². The second-order valence-corrected chi connectivity index (χ2v) is 4.15. The van der Waals surface area contributed by atoms with Gasteiger partial charge in [-0.25, -0.2) is 5.10 Å². The highest BCUT2D eigenvalue weighted by Crippen LogP contribution is 2.25. The van der Waals surface area contributed by atoms with Gasteiger partial charge in [0.2, 0.25) is 11.9 Å². The summed E-state index contributed by atoms with van der Waals surface area (Å²) in [7, 11) is 0. The van der Waals surface area contributed by atoms with Gasteiger partial charge in [-0.3, -0.25) is 0 Å². The maximum absolute atomic E-state index is 5.44. The zero-order valence-electron chi connectivity index (χ0n) is 8.45. The van der Waals surface area contributed by atoms with E-state index in [-0.39, 0.29) is 0 Å². The maximum Gasteiger partial charge on any atom is 0.243 e. The number of aromatic nitrogens is 3. The monoisotopic (exact) mass is 195 g/mol. The van der Waals surface area contributed by atoms with Gasteiger partial charge in [-0.2, -0.15) is 4.98 Å². The predicted molar refractivity (Wildman–Crippen MR) is 55.8 cm³/mol. The summed E-state index contributed by atoms with van der Waals surface area (Å²) < 4.78 is 0. The van der Waals surface area contributed by atoms with E-state index in [0.29, 0.717) is 17.9 Å². The molecule has 1 fully saturated rings. The number of nitrogens with zero attached hydrogens (tertiary/aromatic N) is 2. The molecule has 5 nitrogen and oxygen atoms in total. The van der Waals surface area contributed by atoms with Crippen LogP contribution in [-0.2, 0) is 0 Å². The molecule has 1 heterocycles. The lowest BCUT2D eigenvalue weighted by Gasteiger charge is -2.26. The van der Waals surface area contributed by atoms with Gasteiger partial charge >= 0.3 is 0 Å². The highest BCUT2D eigenvalue weighted by atomic mass is 15.3. The number of aromatic amines is 1. The molecule has 0 spiro atoms. The first-order valence-electron chi connectivity index (χ1n) is 5.18. The fourth-order valence-corrected chi connectivity index (χ4v) is 1.93. The Hall–Kier alpha value is -1.26. The summed E-state index contributed by atoms with van der Waals surface area (Å²) in [5.74, 6) is 1.86. The number of nitrogens with one attached hydrogen (secondary N) is 2. The Morgan fingerprint density at radius 3 is 2.64 bits per heavy atom. The summed E-state index contributed by atoms with van der Waals surface area (Å²) in [4.78, 5) is 4.02. The van der Waals surface area contributed by atoms with Gasteiger partial charge in [0.1, 0.15) is 0 Å². The molecule has 1 aliphatic rings. The number of nitrogen functional groups attached to an aromatic ring is 1. The fourth-order valence-electron chi connectivity index (χ4n) is 1.93. The first kappa shape index (κ1) is 9.30. The molecule has 1 aromatic rings. The van der Waals surface area contributed by atoms with Crippen LogP contribution in [0.15, 0.2) is 0 Å². The summed E-state index contributed by atoms with van der Waals surface area (Å²) in [6, 6.07) is 0.515. The average molecular weight is 195 g/mol. The molecule has 0 unspecified atom stereocenters. The molecular formula is C9H17N5. The molecule has 1 aliphatic carbocycles. The van der Waals surface area contributed by atoms with Crippen LogP contribution in [0.4, 0.5) is 11.9 Å². The summed E-state index contributed by atoms with van der Waals surface area (Å²) in [6.07, 6.45) is 4.99. The van der Waals surface area contributed by atoms with Gasteiger partial charge in [-0.1, -0.05) is 6.92 Å². The van der Waals surface area contributed by atoms with E-state index < -0.39 is 0 Å². The van der Waals surface area contributed by atoms with Crippen molar-refractivity contribution >= 4 is 11.9 Å². The van der Waals surface area contributed by atoms with Gasteiger partial charge < -0.3 is 11.1 Å². The Balaban J connectivity index is 1.86. The Kier molecular flexibility index (Phi) is 2.56. The van der Waals surface area contributed by atoms with Gasteiger partial charge in [-0.15, -0.1) is 5.10 Å². The molecule has 0 radical (unpaired) electrons. The van der Waals surface area contributed by atoms with Gasteiger partial charge in [-0.05, 0) is 31.6 Å². The van der Waals surface area contributed by atoms with Crippen molar-refractivity contribution < 1.29 is 0 Å². The normalized spacial score (nSPS) is 27.5. The highest BCUT2D eigenvalue weighted by Gasteiger charge is 2.18. The van der Waals surface area contributed by atoms with Crippen LogP contribution in [0.1, 0.15) is 32.6 Å². The zero-order chi connectivity index (χ0) is 9.97. The second-order valence-electron chi connectivity index (χ2n) is 4.15. The number of anilines is 2. The topological polar surface area (TPSA) is 79.6 Å². The highest BCUT2D eigenvalue weighted by molar-refractivity contribution is 5.30. The Morgan fingerprint density at radius 2 is 2.07 bits per heavy atom. The summed E-state index contributed by atoms with van der Waals surface area (Å²) >= 11 is 0. The van der Waals surface area contributed by atoms with Crippen LogP contribution in [0, 0.1) is 5.92 Å². The summed E-state index contributed by atoms with van der Waals surface area (Å²) in [5, 5.41) is 9.87. The van der Waals surface area contributed by atoms with Crippen LogP contribution in [-0.4, -0.2) is 21.2 Å². The van der Waals surface area contributed by atoms with E-state index in [9.17, 15) is 0 Å². The molecule has 2 rings (SSSR count). The molecule has 1 saturated carbocycles. The van der Waals surface area contributed by atoms with Crippen LogP contribution in [0.25, 0.3) is 0 Å². The molecule has 0 aromatic carbocycles. The van der Waals surface area contributed by atoms with Crippen molar-refractivity contribution in [3.8, 4) is 0 Å². The molecule has 0 amide bonds. The fraction of sp³-hybridized carbons (Fsp3) is 0.778. The number of rotatable bonds is 2. The molecule has 0 saturated heterocycles. The zero-order valence-corrected chi connectivity index (χ0v) is 8.45. The maximum atomic E-state index is 5.44. The third-order valence-electron chi connectivity index (χ3n) is 2.85. The van der Waals surface area contributed by atoms with E-state index in [4.69, 9.17) is 5.73 Å². The van der Waals surface area contributed by atoms with Crippen molar-refractivity contribution in [3.05, 3.63) is 0 Å². The minimum atomic E-state index is 0.372. The van der Waals surface area contributed by atoms with Crippen molar-refractivity contribution in [3.63, 3.8) is 0 Å². The third-order valence-corrected chi connectivity index (χ3v) is 2.85. The standard InChI is InChI=1S/C9H17N5/c1-6-2-4-7(5-3-6)11-9-12-8(10)13-14-9/h6-7H,2-5H2,1H3,(H4,10,11,12,13,14). The Labute approximate surface area is 83.5 Å². The third kappa shape index (κ3) is 2.16. The van der Waals surface area contributed by atoms with Crippen LogP contribution in [0.2, 0.25) is 0 Å². The average Bonchev–Trinajstić information content (AvgIpc) is 2.56. The van der Waals surface area contributed by atoms with Crippen molar-refractivity contribution in [2.45, 2.75) is 38.6 Å². The summed E-state index contributed by atoms with van der Waals surface area (Å²) in [5.41, 5.74) is 5.44. The number of H-pyrrole nitrogens is 1. The van der Waals surface area contributed by atoms with Gasteiger partial charge in [0.05, 0.1) is 0 Å². The number of nitrogens with two attached hydrogens (primary N) is 1. The van der Waals surface area contributed by atoms with Crippen LogP contribution >= 0.6 is 0 Å². The van der Waals surface area contributed by atoms with Crippen LogP contribution in [0.3, 0.4) is 0 Å². The lowest BCUT2D eigenvalue weighted by molar-refractivity contribution is 0.360. The first-order valence-corrected chi connectivity index (χ1v) is 5.18. The minimum absolute atomic E-state index is 0.372. The van der Waals surface area contributed by atoms with Crippen molar-refractivity contribution in [2.24, 2.45) is 5.92 Å². The largest absolute Gasteiger partial charge is 0.368 e. The SMILES string of the molecule is CC1CCC(Nc2n[nH]c(N)n2)CC1. The smallest absolute Gasteiger partial charge is 0.243 e. The van der Waals surface area contributed by atoms with Gasteiger partial charge in [0.15, 0.2) is 0 Å². The van der Waals surface area contributed by atoms with Gasteiger partial charge in [0, 0.05) is 6.04 Å². The molecule has 1 aromatic heterocycles. The van der Waals surface area contributed by atoms with E-state index in [2.05, 4.69) is 27.4 Å². The lowest BCUT2D eigenvalue weighted by Crippen LogP contribution is -2.25. The number of hydrogen-bond acceptors (Lipinski definition) is 4. The molecule has 0 bridgehead atoms. The minimum Gasteiger partial charge on any atom is -0.368 e. The lowest BCUT2D eigenvalue weighted by atomic mass is 9.87. The molecule has 5 heteroatoms. The molecule has 14 heavy (non-hydrogen) atoms. The first-order chi connectivity index (χ1) is 6.74. The Morgan fingerprint density at radius 1 is 1.36 bits per heavy atom. The second kappa shape index (κ2) is 3.86. The molecule has 78 valence electrons. The Bertz CT molecular complexity index is 287. The van der Waals surface area contributed by atoms with E-state index in [1.165, 1.54) is 25.7 Å². The van der Waals surface area contributed by atoms with Crippen molar-refractivity contribution in [1.29, 1.82) is 0 Å². The van der Waals surface area contributed by atoms with E-state index >= 15 is 0 Å². The van der Waals surface area contributed by atoms with Crippen LogP contribution < -0.4 is 11.1 Å². The molecule has 0 atom stereocenters. The van der Waals surface area contributed by atoms with E-state index in [1.807, 2.05) is 0 Å². The molecule has 0 aliphatic heterocycles.